The summed E-state index contributed by atoms with van der Waals surface area (Å²) in [6.07, 6.45) is 3.29. The van der Waals surface area contributed by atoms with Gasteiger partial charge in [-0.25, -0.2) is 0 Å². The maximum atomic E-state index is 5.53. The fourth-order valence-electron chi connectivity index (χ4n) is 1.51. The number of hydrogen-bond donors (Lipinski definition) is 2. The third kappa shape index (κ3) is 13.6. The molecule has 0 saturated carbocycles. The number of rotatable bonds is 12. The highest BCUT2D eigenvalue weighted by Crippen LogP contribution is 1.92. The minimum atomic E-state index is 0.602. The van der Waals surface area contributed by atoms with E-state index in [-0.39, 0.29) is 0 Å². The molecule has 120 valence electrons. The van der Waals surface area contributed by atoms with Crippen molar-refractivity contribution in [3.8, 4) is 0 Å². The van der Waals surface area contributed by atoms with Crippen LogP contribution in [0.3, 0.4) is 0 Å². The molecule has 0 fully saturated rings. The van der Waals surface area contributed by atoms with E-state index in [1.807, 2.05) is 0 Å². The molecule has 0 aromatic heterocycles. The van der Waals surface area contributed by atoms with Crippen molar-refractivity contribution in [3.05, 3.63) is 0 Å². The average Bonchev–Trinajstić information content (AvgIpc) is 2.43. The molecule has 0 radical (unpaired) electrons. The van der Waals surface area contributed by atoms with Crippen LogP contribution in [0.2, 0.25) is 0 Å². The number of ether oxygens (including phenoxy) is 2. The molecule has 0 saturated heterocycles. The second kappa shape index (κ2) is 14.6. The van der Waals surface area contributed by atoms with E-state index < -0.39 is 0 Å². The Morgan fingerprint density at radius 2 is 1.70 bits per heavy atom. The second-order valence-corrected chi connectivity index (χ2v) is 5.21. The molecule has 0 heterocycles. The van der Waals surface area contributed by atoms with Gasteiger partial charge in [0.05, 0.1) is 6.61 Å². The lowest BCUT2D eigenvalue weighted by atomic mass is 10.2. The van der Waals surface area contributed by atoms with E-state index in [9.17, 15) is 0 Å². The topological polar surface area (TPSA) is 54.9 Å². The summed E-state index contributed by atoms with van der Waals surface area (Å²) in [5.41, 5.74) is 0. The summed E-state index contributed by atoms with van der Waals surface area (Å²) in [6.45, 7) is 11.3. The zero-order valence-electron chi connectivity index (χ0n) is 13.7. The predicted molar refractivity (Wildman–Crippen MR) is 85.4 cm³/mol. The summed E-state index contributed by atoms with van der Waals surface area (Å²) in [5, 5.41) is 6.49. The Balaban J connectivity index is 3.39. The van der Waals surface area contributed by atoms with Gasteiger partial charge < -0.3 is 20.1 Å². The predicted octanol–water partition coefficient (Wildman–Crippen LogP) is 2.03. The molecule has 0 aromatic carbocycles. The highest BCUT2D eigenvalue weighted by atomic mass is 16.5. The summed E-state index contributed by atoms with van der Waals surface area (Å²) in [6, 6.07) is 0. The van der Waals surface area contributed by atoms with Crippen LogP contribution in [0.25, 0.3) is 0 Å². The molecule has 0 amide bonds. The van der Waals surface area contributed by atoms with E-state index in [0.717, 1.165) is 58.3 Å². The summed E-state index contributed by atoms with van der Waals surface area (Å²) >= 11 is 0. The van der Waals surface area contributed by atoms with Gasteiger partial charge in [-0.2, -0.15) is 0 Å². The molecule has 0 aliphatic heterocycles. The fraction of sp³-hybridized carbons (Fsp3) is 0.933. The number of guanidine groups is 1. The molecule has 0 rings (SSSR count). The Bertz CT molecular complexity index is 233. The van der Waals surface area contributed by atoms with Gasteiger partial charge in [0.15, 0.2) is 5.96 Å². The van der Waals surface area contributed by atoms with Gasteiger partial charge in [-0.05, 0) is 18.8 Å². The zero-order valence-corrected chi connectivity index (χ0v) is 13.7. The van der Waals surface area contributed by atoms with E-state index >= 15 is 0 Å². The molecule has 0 bridgehead atoms. The molecule has 5 heteroatoms. The smallest absolute Gasteiger partial charge is 0.191 e. The Hall–Kier alpha value is -0.810. The van der Waals surface area contributed by atoms with Gasteiger partial charge in [-0.1, -0.05) is 27.2 Å². The van der Waals surface area contributed by atoms with Crippen LogP contribution >= 0.6 is 0 Å². The maximum absolute atomic E-state index is 5.53. The Labute approximate surface area is 124 Å². The van der Waals surface area contributed by atoms with Crippen LogP contribution in [0.15, 0.2) is 4.99 Å². The van der Waals surface area contributed by atoms with Crippen molar-refractivity contribution < 1.29 is 9.47 Å². The third-order valence-electron chi connectivity index (χ3n) is 2.61. The van der Waals surface area contributed by atoms with Gasteiger partial charge in [-0.15, -0.1) is 0 Å². The molecule has 0 unspecified atom stereocenters. The first kappa shape index (κ1) is 19.2. The molecule has 0 aliphatic carbocycles. The van der Waals surface area contributed by atoms with E-state index in [1.54, 1.807) is 7.05 Å². The van der Waals surface area contributed by atoms with E-state index in [1.165, 1.54) is 6.42 Å². The molecule has 0 aromatic rings. The molecule has 2 N–H and O–H groups in total. The van der Waals surface area contributed by atoms with Crippen molar-refractivity contribution in [2.75, 3.05) is 46.6 Å². The normalized spacial score (nSPS) is 11.9. The number of unbranched alkanes of at least 4 members (excludes halogenated alkanes) is 1. The quantitative estimate of drug-likeness (QED) is 0.328. The first-order valence-corrected chi connectivity index (χ1v) is 7.80. The van der Waals surface area contributed by atoms with Crippen LogP contribution in [0.4, 0.5) is 0 Å². The van der Waals surface area contributed by atoms with E-state index in [2.05, 4.69) is 36.4 Å². The number of nitrogens with one attached hydrogen (secondary N) is 2. The highest BCUT2D eigenvalue weighted by Gasteiger charge is 1.97. The van der Waals surface area contributed by atoms with E-state index in [4.69, 9.17) is 9.47 Å². The summed E-state index contributed by atoms with van der Waals surface area (Å²) in [5.74, 6) is 1.43. The van der Waals surface area contributed by atoms with Gasteiger partial charge in [0, 0.05) is 40.0 Å². The number of nitrogens with zero attached hydrogens (tertiary/aromatic N) is 1. The minimum Gasteiger partial charge on any atom is -0.381 e. The van der Waals surface area contributed by atoms with E-state index in [0.29, 0.717) is 5.92 Å². The van der Waals surface area contributed by atoms with Crippen molar-refractivity contribution in [2.45, 2.75) is 40.0 Å². The first-order chi connectivity index (χ1) is 9.70. The van der Waals surface area contributed by atoms with Crippen molar-refractivity contribution in [2.24, 2.45) is 10.9 Å². The molecule has 0 aliphatic rings. The number of hydrogen-bond acceptors (Lipinski definition) is 3. The summed E-state index contributed by atoms with van der Waals surface area (Å²) in [7, 11) is 1.78. The number of aliphatic imine (C=N–C) groups is 1. The SMILES string of the molecule is CCCCOCCNC(=NC)NCCCOCC(C)C. The van der Waals surface area contributed by atoms with Crippen LogP contribution in [0.5, 0.6) is 0 Å². The minimum absolute atomic E-state index is 0.602. The van der Waals surface area contributed by atoms with Crippen molar-refractivity contribution in [1.82, 2.24) is 10.6 Å². The Morgan fingerprint density at radius 1 is 1.00 bits per heavy atom. The van der Waals surface area contributed by atoms with Crippen LogP contribution < -0.4 is 10.6 Å². The van der Waals surface area contributed by atoms with Crippen LogP contribution in [-0.4, -0.2) is 52.5 Å². The van der Waals surface area contributed by atoms with Crippen LogP contribution in [0, 0.1) is 5.92 Å². The Kier molecular flexibility index (Phi) is 14.0. The third-order valence-corrected chi connectivity index (χ3v) is 2.61. The molecular formula is C15H33N3O2. The van der Waals surface area contributed by atoms with Gasteiger partial charge >= 0.3 is 0 Å². The maximum Gasteiger partial charge on any atom is 0.191 e. The summed E-state index contributed by atoms with van der Waals surface area (Å²) in [4.78, 5) is 4.17. The molecule has 0 atom stereocenters. The van der Waals surface area contributed by atoms with Crippen molar-refractivity contribution in [1.29, 1.82) is 0 Å². The molecule has 5 nitrogen and oxygen atoms in total. The highest BCUT2D eigenvalue weighted by molar-refractivity contribution is 5.79. The molecule has 20 heavy (non-hydrogen) atoms. The van der Waals surface area contributed by atoms with Crippen LogP contribution in [0.1, 0.15) is 40.0 Å². The molecule has 0 spiro atoms. The molecular weight excluding hydrogens is 254 g/mol. The lowest BCUT2D eigenvalue weighted by molar-refractivity contribution is 0.108. The standard InChI is InChI=1S/C15H33N3O2/c1-5-6-10-19-12-9-18-15(16-4)17-8-7-11-20-13-14(2)3/h14H,5-13H2,1-4H3,(H2,16,17,18). The van der Waals surface area contributed by atoms with Crippen molar-refractivity contribution >= 4 is 5.96 Å². The van der Waals surface area contributed by atoms with Crippen LogP contribution in [-0.2, 0) is 9.47 Å². The van der Waals surface area contributed by atoms with Gasteiger partial charge in [-0.3, -0.25) is 4.99 Å². The lowest BCUT2D eigenvalue weighted by Gasteiger charge is -2.12. The Morgan fingerprint density at radius 3 is 2.35 bits per heavy atom. The van der Waals surface area contributed by atoms with Crippen molar-refractivity contribution in [3.63, 3.8) is 0 Å². The monoisotopic (exact) mass is 287 g/mol. The summed E-state index contributed by atoms with van der Waals surface area (Å²) < 4.78 is 11.0. The van der Waals surface area contributed by atoms with Gasteiger partial charge in [0.2, 0.25) is 0 Å². The second-order valence-electron chi connectivity index (χ2n) is 5.21. The fourth-order valence-corrected chi connectivity index (χ4v) is 1.51. The lowest BCUT2D eigenvalue weighted by Crippen LogP contribution is -2.39. The average molecular weight is 287 g/mol. The van der Waals surface area contributed by atoms with Gasteiger partial charge in [0.25, 0.3) is 0 Å². The first-order valence-electron chi connectivity index (χ1n) is 7.80. The van der Waals surface area contributed by atoms with Gasteiger partial charge in [0.1, 0.15) is 0 Å². The zero-order chi connectivity index (χ0) is 15.1. The largest absolute Gasteiger partial charge is 0.381 e.